The molecule has 38 heavy (non-hydrogen) atoms. The highest BCUT2D eigenvalue weighted by atomic mass is 32.2. The van der Waals surface area contributed by atoms with Gasteiger partial charge in [0, 0.05) is 18.7 Å². The number of rotatable bonds is 7. The van der Waals surface area contributed by atoms with Crippen LogP contribution in [0.25, 0.3) is 10.2 Å². The molecule has 0 aliphatic carbocycles. The second kappa shape index (κ2) is 10.4. The lowest BCUT2D eigenvalue weighted by molar-refractivity contribution is 0.0526. The molecule has 0 saturated heterocycles. The van der Waals surface area contributed by atoms with E-state index in [1.54, 1.807) is 37.3 Å². The van der Waals surface area contributed by atoms with Crippen molar-refractivity contribution in [1.82, 2.24) is 4.57 Å². The molecule has 0 spiro atoms. The van der Waals surface area contributed by atoms with E-state index in [1.165, 1.54) is 39.9 Å². The van der Waals surface area contributed by atoms with Gasteiger partial charge in [0.25, 0.3) is 15.9 Å². The number of sulfonamides is 1. The monoisotopic (exact) mass is 547 g/mol. The van der Waals surface area contributed by atoms with Crippen LogP contribution in [0.4, 0.5) is 5.69 Å². The van der Waals surface area contributed by atoms with Gasteiger partial charge in [-0.05, 0) is 67.4 Å². The normalized spacial score (nSPS) is 13.5. The molecule has 0 bridgehead atoms. The molecular formula is C28H25N3O5S2. The van der Waals surface area contributed by atoms with Crippen LogP contribution in [0.5, 0.6) is 0 Å². The van der Waals surface area contributed by atoms with Gasteiger partial charge in [0.15, 0.2) is 4.80 Å². The molecule has 0 N–H and O–H groups in total. The molecule has 0 atom stereocenters. The summed E-state index contributed by atoms with van der Waals surface area (Å²) in [6.07, 6.45) is 2.36. The average molecular weight is 548 g/mol. The highest BCUT2D eigenvalue weighted by molar-refractivity contribution is 7.92. The summed E-state index contributed by atoms with van der Waals surface area (Å²) in [6, 6.07) is 18.5. The van der Waals surface area contributed by atoms with Crippen LogP contribution < -0.4 is 9.11 Å². The van der Waals surface area contributed by atoms with Crippen LogP contribution in [0.2, 0.25) is 0 Å². The minimum Gasteiger partial charge on any atom is -0.462 e. The highest BCUT2D eigenvalue weighted by Gasteiger charge is 2.30. The zero-order valence-electron chi connectivity index (χ0n) is 20.7. The van der Waals surface area contributed by atoms with Gasteiger partial charge >= 0.3 is 5.97 Å². The van der Waals surface area contributed by atoms with Gasteiger partial charge < -0.3 is 9.30 Å². The Kier molecular flexibility index (Phi) is 7.00. The van der Waals surface area contributed by atoms with E-state index >= 15 is 0 Å². The Bertz CT molecular complexity index is 1730. The predicted molar refractivity (Wildman–Crippen MR) is 147 cm³/mol. The van der Waals surface area contributed by atoms with Crippen LogP contribution in [-0.2, 0) is 27.7 Å². The third-order valence-electron chi connectivity index (χ3n) is 6.24. The second-order valence-corrected chi connectivity index (χ2v) is 11.5. The van der Waals surface area contributed by atoms with Crippen molar-refractivity contribution >= 4 is 49.1 Å². The van der Waals surface area contributed by atoms with E-state index in [0.29, 0.717) is 35.6 Å². The summed E-state index contributed by atoms with van der Waals surface area (Å²) < 4.78 is 35.7. The van der Waals surface area contributed by atoms with Gasteiger partial charge in [-0.2, -0.15) is 4.99 Å². The maximum Gasteiger partial charge on any atom is 0.338 e. The van der Waals surface area contributed by atoms with Gasteiger partial charge in [-0.25, -0.2) is 13.2 Å². The Morgan fingerprint density at radius 1 is 1.08 bits per heavy atom. The number of anilines is 1. The molecule has 1 amide bonds. The molecule has 194 valence electrons. The quantitative estimate of drug-likeness (QED) is 0.250. The van der Waals surface area contributed by atoms with Crippen molar-refractivity contribution in [3.8, 4) is 0 Å². The summed E-state index contributed by atoms with van der Waals surface area (Å²) in [6.45, 7) is 6.61. The summed E-state index contributed by atoms with van der Waals surface area (Å²) in [5, 5.41) is 0. The van der Waals surface area contributed by atoms with Gasteiger partial charge in [-0.1, -0.05) is 35.6 Å². The number of aromatic nitrogens is 1. The molecule has 8 nitrogen and oxygen atoms in total. The lowest BCUT2D eigenvalue weighted by Gasteiger charge is -2.19. The van der Waals surface area contributed by atoms with E-state index in [9.17, 15) is 18.0 Å². The fraction of sp³-hybridized carbons (Fsp3) is 0.179. The topological polar surface area (TPSA) is 98.0 Å². The summed E-state index contributed by atoms with van der Waals surface area (Å²) in [4.78, 5) is 30.1. The van der Waals surface area contributed by atoms with E-state index < -0.39 is 21.9 Å². The zero-order chi connectivity index (χ0) is 26.9. The largest absolute Gasteiger partial charge is 0.462 e. The minimum atomic E-state index is -3.76. The van der Waals surface area contributed by atoms with Crippen LogP contribution in [-0.4, -0.2) is 38.0 Å². The van der Waals surface area contributed by atoms with Crippen molar-refractivity contribution in [2.24, 2.45) is 4.99 Å². The molecule has 0 saturated carbocycles. The van der Waals surface area contributed by atoms with E-state index in [1.807, 2.05) is 22.8 Å². The number of amides is 1. The molecule has 1 aliphatic rings. The Labute approximate surface area is 224 Å². The van der Waals surface area contributed by atoms with Crippen molar-refractivity contribution in [2.75, 3.05) is 17.5 Å². The molecule has 0 unspecified atom stereocenters. The van der Waals surface area contributed by atoms with Crippen molar-refractivity contribution in [1.29, 1.82) is 0 Å². The molecule has 3 aromatic carbocycles. The van der Waals surface area contributed by atoms with E-state index in [2.05, 4.69) is 11.6 Å². The number of esters is 1. The van der Waals surface area contributed by atoms with E-state index in [4.69, 9.17) is 4.74 Å². The lowest BCUT2D eigenvalue weighted by atomic mass is 10.2. The number of hydrogen-bond donors (Lipinski definition) is 0. The van der Waals surface area contributed by atoms with E-state index in [-0.39, 0.29) is 17.1 Å². The Hall–Kier alpha value is -4.02. The first-order valence-corrected chi connectivity index (χ1v) is 14.3. The van der Waals surface area contributed by atoms with Crippen molar-refractivity contribution in [2.45, 2.75) is 24.8 Å². The zero-order valence-corrected chi connectivity index (χ0v) is 22.3. The molecule has 0 fully saturated rings. The van der Waals surface area contributed by atoms with E-state index in [0.717, 1.165) is 15.8 Å². The number of ether oxygens (including phenoxy) is 1. The third kappa shape index (κ3) is 4.68. The smallest absolute Gasteiger partial charge is 0.338 e. The predicted octanol–water partition coefficient (Wildman–Crippen LogP) is 4.56. The summed E-state index contributed by atoms with van der Waals surface area (Å²) in [5.41, 5.74) is 3.17. The van der Waals surface area contributed by atoms with Gasteiger partial charge in [0.05, 0.1) is 33.0 Å². The summed E-state index contributed by atoms with van der Waals surface area (Å²) >= 11 is 1.27. The van der Waals surface area contributed by atoms with Crippen molar-refractivity contribution < 1.29 is 22.7 Å². The number of para-hydroxylation sites is 1. The Morgan fingerprint density at radius 2 is 1.82 bits per heavy atom. The molecule has 1 aliphatic heterocycles. The molecule has 4 aromatic rings. The molecule has 1 aromatic heterocycles. The van der Waals surface area contributed by atoms with Crippen molar-refractivity contribution in [3.63, 3.8) is 0 Å². The minimum absolute atomic E-state index is 0.112. The van der Waals surface area contributed by atoms with Gasteiger partial charge in [-0.3, -0.25) is 9.10 Å². The molecule has 5 rings (SSSR count). The van der Waals surface area contributed by atoms with Gasteiger partial charge in [0.2, 0.25) is 0 Å². The average Bonchev–Trinajstić information content (AvgIpc) is 3.51. The first-order chi connectivity index (χ1) is 18.3. The van der Waals surface area contributed by atoms with Crippen LogP contribution in [0, 0.1) is 0 Å². The number of allylic oxidation sites excluding steroid dienone is 1. The first-order valence-electron chi connectivity index (χ1n) is 12.0. The number of thiazole rings is 1. The van der Waals surface area contributed by atoms with Crippen molar-refractivity contribution in [3.05, 3.63) is 101 Å². The van der Waals surface area contributed by atoms with Crippen LogP contribution in [0.1, 0.15) is 33.2 Å². The Morgan fingerprint density at radius 3 is 2.55 bits per heavy atom. The van der Waals surface area contributed by atoms with Crippen LogP contribution in [0.3, 0.4) is 0 Å². The second-order valence-electron chi connectivity index (χ2n) is 8.58. The number of fused-ring (bicyclic) bond motifs is 2. The lowest BCUT2D eigenvalue weighted by Crippen LogP contribution is -2.29. The third-order valence-corrected chi connectivity index (χ3v) is 9.11. The summed E-state index contributed by atoms with van der Waals surface area (Å²) in [5.74, 6) is -0.921. The van der Waals surface area contributed by atoms with Crippen LogP contribution >= 0.6 is 11.3 Å². The molecule has 2 heterocycles. The highest BCUT2D eigenvalue weighted by Crippen LogP contribution is 2.32. The number of carbonyl (C=O) groups excluding carboxylic acids is 2. The molecule has 10 heteroatoms. The number of benzene rings is 3. The molecule has 0 radical (unpaired) electrons. The first kappa shape index (κ1) is 25.6. The maximum absolute atomic E-state index is 13.3. The van der Waals surface area contributed by atoms with Crippen LogP contribution in [0.15, 0.2) is 89.3 Å². The van der Waals surface area contributed by atoms with Gasteiger partial charge in [0.1, 0.15) is 0 Å². The van der Waals surface area contributed by atoms with Gasteiger partial charge in [-0.15, -0.1) is 6.58 Å². The number of hydrogen-bond acceptors (Lipinski definition) is 6. The fourth-order valence-electron chi connectivity index (χ4n) is 4.41. The maximum atomic E-state index is 13.3. The molecular weight excluding hydrogens is 522 g/mol. The SMILES string of the molecule is C=CCn1c(=NC(=O)c2ccc(S(=O)(=O)N3CCc4ccccc43)cc2)sc2cc(C(=O)OCC)ccc21. The fourth-order valence-corrected chi connectivity index (χ4v) is 6.99. The standard InChI is InChI=1S/C28H25N3O5S2/c1-3-16-30-24-14-11-21(27(33)36-4-2)18-25(24)37-28(30)29-26(32)20-9-12-22(13-10-20)38(34,35)31-17-15-19-7-5-6-8-23(19)31/h3,5-14,18H,1,4,15-17H2,2H3. The number of nitrogens with zero attached hydrogens (tertiary/aromatic N) is 3. The Balaban J connectivity index is 1.45. The summed E-state index contributed by atoms with van der Waals surface area (Å²) in [7, 11) is -3.76. The number of carbonyl (C=O) groups is 2.